The molecule has 0 aliphatic carbocycles. The lowest BCUT2D eigenvalue weighted by molar-refractivity contribution is -0.119. The molecule has 0 spiro atoms. The van der Waals surface area contributed by atoms with Crippen molar-refractivity contribution in [3.8, 4) is 0 Å². The maximum Gasteiger partial charge on any atom is 0.230 e. The van der Waals surface area contributed by atoms with Crippen LogP contribution in [-0.2, 0) is 4.79 Å². The van der Waals surface area contributed by atoms with Crippen molar-refractivity contribution in [2.24, 2.45) is 0 Å². The van der Waals surface area contributed by atoms with Gasteiger partial charge in [-0.1, -0.05) is 18.7 Å². The number of carbonyl (C=O) groups excluding carboxylic acids is 1. The molecule has 0 radical (unpaired) electrons. The first-order valence-corrected chi connectivity index (χ1v) is 7.26. The van der Waals surface area contributed by atoms with E-state index in [2.05, 4.69) is 32.6 Å². The van der Waals surface area contributed by atoms with Crippen LogP contribution < -0.4 is 5.32 Å². The van der Waals surface area contributed by atoms with Gasteiger partial charge in [-0.25, -0.2) is 0 Å². The first-order valence-electron chi connectivity index (χ1n) is 6.28. The molecular formula is C11H19N5OS. The summed E-state index contributed by atoms with van der Waals surface area (Å²) in [6.45, 7) is 5.44. The Labute approximate surface area is 111 Å². The van der Waals surface area contributed by atoms with Crippen LogP contribution >= 0.6 is 11.8 Å². The van der Waals surface area contributed by atoms with Crippen molar-refractivity contribution in [2.45, 2.75) is 30.8 Å². The van der Waals surface area contributed by atoms with Crippen LogP contribution in [0.25, 0.3) is 0 Å². The monoisotopic (exact) mass is 269 g/mol. The third-order valence-corrected chi connectivity index (χ3v) is 4.04. The summed E-state index contributed by atoms with van der Waals surface area (Å²) >= 11 is 1.40. The van der Waals surface area contributed by atoms with E-state index in [-0.39, 0.29) is 5.91 Å². The van der Waals surface area contributed by atoms with Crippen LogP contribution in [-0.4, -0.2) is 57.6 Å². The second kappa shape index (κ2) is 6.75. The van der Waals surface area contributed by atoms with Crippen molar-refractivity contribution < 1.29 is 4.79 Å². The molecule has 1 aromatic heterocycles. The second-order valence-corrected chi connectivity index (χ2v) is 5.37. The van der Waals surface area contributed by atoms with Crippen molar-refractivity contribution in [3.63, 3.8) is 0 Å². The maximum atomic E-state index is 11.8. The van der Waals surface area contributed by atoms with E-state index in [1.54, 1.807) is 6.20 Å². The Morgan fingerprint density at radius 1 is 1.61 bits per heavy atom. The summed E-state index contributed by atoms with van der Waals surface area (Å²) in [5.74, 6) is 0.485. The molecule has 0 saturated carbocycles. The van der Waals surface area contributed by atoms with E-state index >= 15 is 0 Å². The predicted octanol–water partition coefficient (Wildman–Crippen LogP) is 0.497. The molecule has 2 N–H and O–H groups in total. The Balaban J connectivity index is 1.65. The molecule has 1 amide bonds. The number of likely N-dealkylation sites (tertiary alicyclic amines) is 1. The van der Waals surface area contributed by atoms with E-state index < -0.39 is 0 Å². The molecular weight excluding hydrogens is 250 g/mol. The number of thioether (sulfide) groups is 1. The first-order chi connectivity index (χ1) is 8.78. The third-order valence-electron chi connectivity index (χ3n) is 3.14. The molecule has 0 atom stereocenters. The van der Waals surface area contributed by atoms with Crippen molar-refractivity contribution >= 4 is 17.7 Å². The molecule has 1 fully saturated rings. The summed E-state index contributed by atoms with van der Waals surface area (Å²) in [7, 11) is 0. The van der Waals surface area contributed by atoms with Gasteiger partial charge in [0.25, 0.3) is 0 Å². The Morgan fingerprint density at radius 2 is 2.39 bits per heavy atom. The van der Waals surface area contributed by atoms with Crippen LogP contribution in [0, 0.1) is 0 Å². The van der Waals surface area contributed by atoms with Gasteiger partial charge in [0.1, 0.15) is 5.03 Å². The van der Waals surface area contributed by atoms with Gasteiger partial charge in [0.05, 0.1) is 11.9 Å². The van der Waals surface area contributed by atoms with E-state index in [0.29, 0.717) is 11.8 Å². The molecule has 18 heavy (non-hydrogen) atoms. The number of nitrogens with one attached hydrogen (secondary N) is 2. The van der Waals surface area contributed by atoms with Gasteiger partial charge in [-0.3, -0.25) is 4.79 Å². The molecule has 0 unspecified atom stereocenters. The summed E-state index contributed by atoms with van der Waals surface area (Å²) in [6.07, 6.45) is 3.72. The number of hydrogen-bond acceptors (Lipinski definition) is 5. The lowest BCUT2D eigenvalue weighted by Gasteiger charge is -2.31. The van der Waals surface area contributed by atoms with E-state index in [9.17, 15) is 4.79 Å². The van der Waals surface area contributed by atoms with Crippen LogP contribution in [0.15, 0.2) is 11.2 Å². The SMILES string of the molecule is CCN1CCC(NC(=O)CSc2cn[nH]n2)CC1. The molecule has 1 saturated heterocycles. The summed E-state index contributed by atoms with van der Waals surface area (Å²) in [5.41, 5.74) is 0. The molecule has 1 aliphatic rings. The van der Waals surface area contributed by atoms with Gasteiger partial charge in [0, 0.05) is 19.1 Å². The van der Waals surface area contributed by atoms with Gasteiger partial charge in [-0.15, -0.1) is 5.10 Å². The van der Waals surface area contributed by atoms with Gasteiger partial charge < -0.3 is 10.2 Å². The van der Waals surface area contributed by atoms with Gasteiger partial charge in [-0.05, 0) is 19.4 Å². The Bertz CT molecular complexity index is 362. The standard InChI is InChI=1S/C11H19N5OS/c1-2-16-5-3-9(4-6-16)13-10(17)8-18-11-7-12-15-14-11/h7,9H,2-6,8H2,1H3,(H,13,17)(H,12,14,15). The van der Waals surface area contributed by atoms with Crippen molar-refractivity contribution in [1.29, 1.82) is 0 Å². The fourth-order valence-electron chi connectivity index (χ4n) is 2.06. The Hall–Kier alpha value is -1.08. The zero-order valence-electron chi connectivity index (χ0n) is 10.6. The average Bonchev–Trinajstić information content (AvgIpc) is 2.90. The van der Waals surface area contributed by atoms with E-state index in [0.717, 1.165) is 37.5 Å². The molecule has 1 aromatic rings. The summed E-state index contributed by atoms with van der Waals surface area (Å²) < 4.78 is 0. The van der Waals surface area contributed by atoms with E-state index in [1.807, 2.05) is 0 Å². The number of carbonyl (C=O) groups is 1. The quantitative estimate of drug-likeness (QED) is 0.761. The topological polar surface area (TPSA) is 73.9 Å². The highest BCUT2D eigenvalue weighted by atomic mass is 32.2. The lowest BCUT2D eigenvalue weighted by atomic mass is 10.1. The van der Waals surface area contributed by atoms with Gasteiger partial charge >= 0.3 is 0 Å². The zero-order valence-corrected chi connectivity index (χ0v) is 11.4. The van der Waals surface area contributed by atoms with Crippen LogP contribution in [0.4, 0.5) is 0 Å². The fourth-order valence-corrected chi connectivity index (χ4v) is 2.66. The molecule has 1 aliphatic heterocycles. The van der Waals surface area contributed by atoms with Crippen LogP contribution in [0.3, 0.4) is 0 Å². The first kappa shape index (κ1) is 13.4. The third kappa shape index (κ3) is 3.99. The number of H-pyrrole nitrogens is 1. The minimum absolute atomic E-state index is 0.0814. The summed E-state index contributed by atoms with van der Waals surface area (Å²) in [5, 5.41) is 14.0. The number of rotatable bonds is 5. The second-order valence-electron chi connectivity index (χ2n) is 4.37. The molecule has 2 heterocycles. The normalized spacial score (nSPS) is 17.8. The number of amides is 1. The number of piperidine rings is 1. The molecule has 6 nitrogen and oxygen atoms in total. The highest BCUT2D eigenvalue weighted by molar-refractivity contribution is 7.99. The van der Waals surface area contributed by atoms with Crippen LogP contribution in [0.5, 0.6) is 0 Å². The highest BCUT2D eigenvalue weighted by Crippen LogP contribution is 2.13. The maximum absolute atomic E-state index is 11.8. The minimum Gasteiger partial charge on any atom is -0.353 e. The fraction of sp³-hybridized carbons (Fsp3) is 0.727. The number of aromatic amines is 1. The smallest absolute Gasteiger partial charge is 0.230 e. The Kier molecular flexibility index (Phi) is 5.00. The van der Waals surface area contributed by atoms with E-state index in [1.165, 1.54) is 11.8 Å². The van der Waals surface area contributed by atoms with Crippen LogP contribution in [0.2, 0.25) is 0 Å². The molecule has 0 bridgehead atoms. The van der Waals surface area contributed by atoms with Crippen molar-refractivity contribution in [1.82, 2.24) is 25.6 Å². The average molecular weight is 269 g/mol. The molecule has 0 aromatic carbocycles. The number of nitrogens with zero attached hydrogens (tertiary/aromatic N) is 3. The van der Waals surface area contributed by atoms with E-state index in [4.69, 9.17) is 0 Å². The largest absolute Gasteiger partial charge is 0.353 e. The van der Waals surface area contributed by atoms with Crippen molar-refractivity contribution in [2.75, 3.05) is 25.4 Å². The van der Waals surface area contributed by atoms with Gasteiger partial charge in [0.2, 0.25) is 5.91 Å². The molecule has 100 valence electrons. The Morgan fingerprint density at radius 3 is 3.00 bits per heavy atom. The lowest BCUT2D eigenvalue weighted by Crippen LogP contribution is -2.45. The van der Waals surface area contributed by atoms with Gasteiger partial charge in [0.15, 0.2) is 0 Å². The zero-order chi connectivity index (χ0) is 12.8. The summed E-state index contributed by atoms with van der Waals surface area (Å²) in [4.78, 5) is 14.2. The molecule has 2 rings (SSSR count). The number of hydrogen-bond donors (Lipinski definition) is 2. The van der Waals surface area contributed by atoms with Crippen molar-refractivity contribution in [3.05, 3.63) is 6.20 Å². The summed E-state index contributed by atoms with van der Waals surface area (Å²) in [6, 6.07) is 0.332. The molecule has 7 heteroatoms. The highest BCUT2D eigenvalue weighted by Gasteiger charge is 2.19. The van der Waals surface area contributed by atoms with Gasteiger partial charge in [-0.2, -0.15) is 10.3 Å². The number of aromatic nitrogens is 3. The van der Waals surface area contributed by atoms with Crippen LogP contribution in [0.1, 0.15) is 19.8 Å². The predicted molar refractivity (Wildman–Crippen MR) is 70.4 cm³/mol. The minimum atomic E-state index is 0.0814.